The molecular weight excluding hydrogens is 525 g/mol. The minimum Gasteiger partial charge on any atom is -0.357 e. The molecule has 2 aliphatic rings. The van der Waals surface area contributed by atoms with Crippen LogP contribution >= 0.6 is 11.6 Å². The zero-order valence-electron chi connectivity index (χ0n) is 21.8. The Bertz CT molecular complexity index is 1470. The first-order chi connectivity index (χ1) is 18.4. The molecule has 1 heterocycles. The molecule has 0 fully saturated rings. The number of halogens is 4. The van der Waals surface area contributed by atoms with Crippen molar-refractivity contribution in [2.45, 2.75) is 57.2 Å². The van der Waals surface area contributed by atoms with Crippen molar-refractivity contribution in [3.8, 4) is 0 Å². The van der Waals surface area contributed by atoms with Crippen LogP contribution in [0.2, 0.25) is 5.02 Å². The van der Waals surface area contributed by atoms with Crippen LogP contribution in [0.25, 0.3) is 0 Å². The Kier molecular flexibility index (Phi) is 6.83. The number of nitrogens with zero attached hydrogens (tertiary/aromatic N) is 1. The molecule has 1 aliphatic carbocycles. The second kappa shape index (κ2) is 9.87. The average Bonchev–Trinajstić information content (AvgIpc) is 3.02. The second-order valence-electron chi connectivity index (χ2n) is 11.0. The number of ketones is 1. The third-order valence-electron chi connectivity index (χ3n) is 7.40. The number of allylic oxidation sites excluding steroid dienone is 1. The van der Waals surface area contributed by atoms with Crippen LogP contribution in [0.15, 0.2) is 84.1 Å². The van der Waals surface area contributed by atoms with E-state index in [0.29, 0.717) is 22.7 Å². The van der Waals surface area contributed by atoms with Crippen molar-refractivity contribution in [2.75, 3.05) is 10.2 Å². The van der Waals surface area contributed by atoms with Crippen LogP contribution in [0.5, 0.6) is 0 Å². The molecule has 3 aromatic carbocycles. The van der Waals surface area contributed by atoms with Gasteiger partial charge in [0.25, 0.3) is 0 Å². The standard InChI is InChI=1S/C31H28ClF3N2O2/c1-30(2,3)20-14-12-18(13-15-20)19-16-24-27(26(38)17-19)28(21-8-4-5-9-22(21)32)37(29(39)31(33,34)35)25-11-7-6-10-23(25)36-24/h4-15,19,28,36H,16-17H2,1-3H3/t19-,28+/m0/s1. The van der Waals surface area contributed by atoms with Crippen molar-refractivity contribution in [2.24, 2.45) is 0 Å². The van der Waals surface area contributed by atoms with Crippen LogP contribution < -0.4 is 10.2 Å². The highest BCUT2D eigenvalue weighted by molar-refractivity contribution is 6.31. The van der Waals surface area contributed by atoms with E-state index in [-0.39, 0.29) is 45.4 Å². The number of hydrogen-bond donors (Lipinski definition) is 1. The van der Waals surface area contributed by atoms with E-state index >= 15 is 0 Å². The van der Waals surface area contributed by atoms with Gasteiger partial charge < -0.3 is 5.32 Å². The fourth-order valence-corrected chi connectivity index (χ4v) is 5.67. The van der Waals surface area contributed by atoms with Gasteiger partial charge >= 0.3 is 12.1 Å². The van der Waals surface area contributed by atoms with E-state index in [1.54, 1.807) is 42.5 Å². The molecule has 0 radical (unpaired) electrons. The zero-order chi connectivity index (χ0) is 28.1. The maximum absolute atomic E-state index is 14.0. The number of fused-ring (bicyclic) bond motifs is 1. The topological polar surface area (TPSA) is 49.4 Å². The molecule has 0 bridgehead atoms. The first-order valence-electron chi connectivity index (χ1n) is 12.7. The number of carbonyl (C=O) groups is 2. The van der Waals surface area contributed by atoms with Gasteiger partial charge in [0.15, 0.2) is 5.78 Å². The van der Waals surface area contributed by atoms with E-state index < -0.39 is 18.1 Å². The fourth-order valence-electron chi connectivity index (χ4n) is 5.43. The number of rotatable bonds is 2. The molecule has 0 unspecified atom stereocenters. The van der Waals surface area contributed by atoms with Crippen LogP contribution in [0, 0.1) is 0 Å². The minimum atomic E-state index is -5.17. The lowest BCUT2D eigenvalue weighted by Gasteiger charge is -2.35. The number of alkyl halides is 3. The number of para-hydroxylation sites is 2. The molecule has 0 aromatic heterocycles. The molecule has 1 amide bonds. The largest absolute Gasteiger partial charge is 0.471 e. The highest BCUT2D eigenvalue weighted by Crippen LogP contribution is 2.49. The van der Waals surface area contributed by atoms with Crippen LogP contribution in [0.3, 0.4) is 0 Å². The molecule has 0 saturated heterocycles. The highest BCUT2D eigenvalue weighted by atomic mass is 35.5. The Morgan fingerprint density at radius 3 is 2.21 bits per heavy atom. The highest BCUT2D eigenvalue weighted by Gasteiger charge is 2.50. The first-order valence-corrected chi connectivity index (χ1v) is 13.1. The van der Waals surface area contributed by atoms with Gasteiger partial charge in [-0.05, 0) is 52.6 Å². The molecule has 0 spiro atoms. The zero-order valence-corrected chi connectivity index (χ0v) is 22.5. The Hall–Kier alpha value is -3.58. The number of Topliss-reactive ketones (excluding diaryl/α,β-unsaturated/α-hetero) is 1. The third kappa shape index (κ3) is 5.08. The predicted molar refractivity (Wildman–Crippen MR) is 147 cm³/mol. The number of amides is 1. The molecule has 1 aliphatic heterocycles. The Balaban J connectivity index is 1.68. The summed E-state index contributed by atoms with van der Waals surface area (Å²) in [5.41, 5.74) is 3.32. The normalized spacial score (nSPS) is 19.7. The average molecular weight is 553 g/mol. The van der Waals surface area contributed by atoms with E-state index in [2.05, 4.69) is 38.2 Å². The molecule has 0 saturated carbocycles. The summed E-state index contributed by atoms with van der Waals surface area (Å²) < 4.78 is 42.1. The lowest BCUT2D eigenvalue weighted by molar-refractivity contribution is -0.170. The van der Waals surface area contributed by atoms with Crippen molar-refractivity contribution < 1.29 is 22.8 Å². The second-order valence-corrected chi connectivity index (χ2v) is 11.4. The lowest BCUT2D eigenvalue weighted by atomic mass is 9.77. The summed E-state index contributed by atoms with van der Waals surface area (Å²) in [6, 6.07) is 19.5. The van der Waals surface area contributed by atoms with Crippen LogP contribution in [0.1, 0.15) is 62.3 Å². The van der Waals surface area contributed by atoms with E-state index in [9.17, 15) is 22.8 Å². The quantitative estimate of drug-likeness (QED) is 0.349. The molecular formula is C31H28ClF3N2O2. The van der Waals surface area contributed by atoms with Crippen molar-refractivity contribution >= 4 is 34.7 Å². The number of carbonyl (C=O) groups excluding carboxylic acids is 2. The molecule has 39 heavy (non-hydrogen) atoms. The maximum atomic E-state index is 14.0. The fraction of sp³-hybridized carbons (Fsp3) is 0.290. The van der Waals surface area contributed by atoms with Gasteiger partial charge in [-0.1, -0.05) is 87.0 Å². The molecule has 2 atom stereocenters. The summed E-state index contributed by atoms with van der Waals surface area (Å²) in [5.74, 6) is -2.57. The number of benzene rings is 3. The molecule has 3 aromatic rings. The minimum absolute atomic E-state index is 0.0259. The first kappa shape index (κ1) is 27.0. The van der Waals surface area contributed by atoms with Crippen molar-refractivity contribution in [3.63, 3.8) is 0 Å². The molecule has 1 N–H and O–H groups in total. The van der Waals surface area contributed by atoms with E-state index in [4.69, 9.17) is 11.6 Å². The third-order valence-corrected chi connectivity index (χ3v) is 7.74. The van der Waals surface area contributed by atoms with Gasteiger partial charge in [-0.2, -0.15) is 13.2 Å². The van der Waals surface area contributed by atoms with E-state index in [1.165, 1.54) is 6.07 Å². The lowest BCUT2D eigenvalue weighted by Crippen LogP contribution is -2.45. The smallest absolute Gasteiger partial charge is 0.357 e. The summed E-state index contributed by atoms with van der Waals surface area (Å²) in [6.07, 6.45) is -4.69. The van der Waals surface area contributed by atoms with Gasteiger partial charge in [-0.3, -0.25) is 14.5 Å². The summed E-state index contributed by atoms with van der Waals surface area (Å²) in [5, 5.41) is 3.41. The van der Waals surface area contributed by atoms with Crippen molar-refractivity contribution in [3.05, 3.63) is 106 Å². The van der Waals surface area contributed by atoms with Crippen molar-refractivity contribution in [1.29, 1.82) is 0 Å². The Morgan fingerprint density at radius 1 is 0.923 bits per heavy atom. The summed E-state index contributed by atoms with van der Waals surface area (Å²) >= 11 is 6.50. The number of nitrogens with one attached hydrogen (secondary N) is 1. The number of hydrogen-bond acceptors (Lipinski definition) is 3. The monoisotopic (exact) mass is 552 g/mol. The molecule has 4 nitrogen and oxygen atoms in total. The van der Waals surface area contributed by atoms with Crippen LogP contribution in [-0.2, 0) is 15.0 Å². The van der Waals surface area contributed by atoms with Crippen LogP contribution in [0.4, 0.5) is 24.5 Å². The van der Waals surface area contributed by atoms with Crippen LogP contribution in [-0.4, -0.2) is 17.9 Å². The summed E-state index contributed by atoms with van der Waals surface area (Å²) in [4.78, 5) is 27.6. The van der Waals surface area contributed by atoms with E-state index in [1.807, 2.05) is 12.1 Å². The Morgan fingerprint density at radius 2 is 1.56 bits per heavy atom. The van der Waals surface area contributed by atoms with Gasteiger partial charge in [0.05, 0.1) is 17.4 Å². The molecule has 202 valence electrons. The molecule has 5 rings (SSSR count). The van der Waals surface area contributed by atoms with Crippen molar-refractivity contribution in [1.82, 2.24) is 0 Å². The van der Waals surface area contributed by atoms with Gasteiger partial charge in [0, 0.05) is 22.7 Å². The van der Waals surface area contributed by atoms with Gasteiger partial charge in [0.2, 0.25) is 0 Å². The predicted octanol–water partition coefficient (Wildman–Crippen LogP) is 8.10. The maximum Gasteiger partial charge on any atom is 0.471 e. The van der Waals surface area contributed by atoms with E-state index in [0.717, 1.165) is 11.1 Å². The van der Waals surface area contributed by atoms with Gasteiger partial charge in [-0.25, -0.2) is 0 Å². The summed E-state index contributed by atoms with van der Waals surface area (Å²) in [7, 11) is 0. The Labute approximate surface area is 230 Å². The number of anilines is 2. The van der Waals surface area contributed by atoms with Gasteiger partial charge in [-0.15, -0.1) is 0 Å². The van der Waals surface area contributed by atoms with Gasteiger partial charge in [0.1, 0.15) is 0 Å². The molecule has 8 heteroatoms. The summed E-state index contributed by atoms with van der Waals surface area (Å²) in [6.45, 7) is 6.37. The SMILES string of the molecule is CC(C)(C)c1ccc([C@@H]2CC(=O)C3=C(C2)Nc2ccccc2N(C(=O)C(F)(F)F)[C@@H]3c2ccccc2Cl)cc1.